The zero-order valence-corrected chi connectivity index (χ0v) is 18.0. The number of rotatable bonds is 7. The second kappa shape index (κ2) is 10.2. The van der Waals surface area contributed by atoms with Gasteiger partial charge in [0.05, 0.1) is 5.71 Å². The molecule has 0 atom stereocenters. The van der Waals surface area contributed by atoms with E-state index in [4.69, 9.17) is 11.1 Å². The lowest BCUT2D eigenvalue weighted by Crippen LogP contribution is -2.07. The molecule has 2 aromatic rings. The van der Waals surface area contributed by atoms with Crippen molar-refractivity contribution < 1.29 is 0 Å². The Morgan fingerprint density at radius 2 is 2.04 bits per heavy atom. The summed E-state index contributed by atoms with van der Waals surface area (Å²) < 4.78 is 0. The molecule has 0 saturated heterocycles. The van der Waals surface area contributed by atoms with E-state index < -0.39 is 0 Å². The highest BCUT2D eigenvalue weighted by Gasteiger charge is 2.17. The molecule has 0 aliphatic heterocycles. The Labute approximate surface area is 173 Å². The number of hydrogen-bond acceptors (Lipinski definition) is 4. The molecule has 1 fully saturated rings. The van der Waals surface area contributed by atoms with Crippen LogP contribution in [0, 0.1) is 5.41 Å². The first-order chi connectivity index (χ1) is 13.4. The highest BCUT2D eigenvalue weighted by molar-refractivity contribution is 7.14. The van der Waals surface area contributed by atoms with E-state index in [0.717, 1.165) is 39.6 Å². The lowest BCUT2D eigenvalue weighted by atomic mass is 9.93. The number of thiophene rings is 1. The molecule has 0 unspecified atom stereocenters. The quantitative estimate of drug-likeness (QED) is 0.398. The summed E-state index contributed by atoms with van der Waals surface area (Å²) in [4.78, 5) is 2.27. The van der Waals surface area contributed by atoms with Crippen LogP contribution in [0.3, 0.4) is 0 Å². The third-order valence-electron chi connectivity index (χ3n) is 4.67. The summed E-state index contributed by atoms with van der Waals surface area (Å²) in [5.74, 6) is 0. The zero-order chi connectivity index (χ0) is 20.7. The van der Waals surface area contributed by atoms with Gasteiger partial charge in [-0.2, -0.15) is 0 Å². The molecule has 0 amide bonds. The van der Waals surface area contributed by atoms with Crippen LogP contribution in [-0.4, -0.2) is 18.8 Å². The summed E-state index contributed by atoms with van der Waals surface area (Å²) in [7, 11) is 2.01. The first-order valence-corrected chi connectivity index (χ1v) is 10.5. The minimum absolute atomic E-state index is 0.424. The van der Waals surface area contributed by atoms with Crippen molar-refractivity contribution in [1.29, 1.82) is 5.41 Å². The number of benzene rings is 1. The van der Waals surface area contributed by atoms with Gasteiger partial charge in [-0.15, -0.1) is 11.3 Å². The second-order valence-corrected chi connectivity index (χ2v) is 8.06. The number of nitrogen functional groups attached to an aromatic ring is 1. The largest absolute Gasteiger partial charge is 0.398 e. The Bertz CT molecular complexity index is 885. The molecule has 1 aliphatic rings. The molecule has 0 bridgehead atoms. The van der Waals surface area contributed by atoms with Crippen LogP contribution in [0.2, 0.25) is 0 Å². The first-order valence-electron chi connectivity index (χ1n) is 9.65. The van der Waals surface area contributed by atoms with Gasteiger partial charge >= 0.3 is 0 Å². The maximum atomic E-state index is 8.41. The molecular weight excluding hydrogens is 362 g/mol. The van der Waals surface area contributed by atoms with Crippen LogP contribution in [0.15, 0.2) is 43.5 Å². The van der Waals surface area contributed by atoms with Crippen LogP contribution < -0.4 is 11.1 Å². The van der Waals surface area contributed by atoms with E-state index in [-0.39, 0.29) is 0 Å². The Morgan fingerprint density at radius 1 is 1.32 bits per heavy atom. The topological polar surface area (TPSA) is 61.9 Å². The van der Waals surface area contributed by atoms with Crippen molar-refractivity contribution in [2.75, 3.05) is 12.8 Å². The van der Waals surface area contributed by atoms with Gasteiger partial charge in [0.25, 0.3) is 0 Å². The number of nitrogens with one attached hydrogen (secondary N) is 2. The summed E-state index contributed by atoms with van der Waals surface area (Å²) in [5.41, 5.74) is 11.1. The molecular formula is C24H31N3S. The molecule has 0 radical (unpaired) electrons. The summed E-state index contributed by atoms with van der Waals surface area (Å²) in [6.07, 6.45) is 9.20. The van der Waals surface area contributed by atoms with Crippen molar-refractivity contribution in [3.05, 3.63) is 69.9 Å². The van der Waals surface area contributed by atoms with Gasteiger partial charge in [0.15, 0.2) is 0 Å². The van der Waals surface area contributed by atoms with E-state index in [1.807, 2.05) is 50.4 Å². The average Bonchev–Trinajstić information content (AvgIpc) is 3.42. The Balaban J connectivity index is 0.000000485. The van der Waals surface area contributed by atoms with E-state index in [2.05, 4.69) is 31.5 Å². The molecule has 148 valence electrons. The van der Waals surface area contributed by atoms with Crippen LogP contribution in [0.1, 0.15) is 53.1 Å². The van der Waals surface area contributed by atoms with Crippen molar-refractivity contribution in [3.63, 3.8) is 0 Å². The Hall–Kier alpha value is -2.43. The van der Waals surface area contributed by atoms with Gasteiger partial charge in [-0.1, -0.05) is 32.2 Å². The summed E-state index contributed by atoms with van der Waals surface area (Å²) in [6, 6.07) is 8.79. The lowest BCUT2D eigenvalue weighted by molar-refractivity contribution is 0.811. The molecule has 1 aliphatic carbocycles. The van der Waals surface area contributed by atoms with Crippen molar-refractivity contribution in [2.45, 2.75) is 39.2 Å². The summed E-state index contributed by atoms with van der Waals surface area (Å²) >= 11 is 1.67. The molecule has 1 heterocycles. The number of allylic oxidation sites excluding steroid dienone is 2. The summed E-state index contributed by atoms with van der Waals surface area (Å²) in [5, 5.41) is 11.6. The third kappa shape index (κ3) is 5.78. The van der Waals surface area contributed by atoms with E-state index in [0.29, 0.717) is 11.4 Å². The zero-order valence-electron chi connectivity index (χ0n) is 17.1. The van der Waals surface area contributed by atoms with E-state index in [1.54, 1.807) is 11.3 Å². The maximum Gasteiger partial charge on any atom is 0.0636 e. The van der Waals surface area contributed by atoms with Crippen molar-refractivity contribution in [3.8, 4) is 0 Å². The second-order valence-electron chi connectivity index (χ2n) is 6.95. The molecule has 0 spiro atoms. The van der Waals surface area contributed by atoms with Crippen LogP contribution in [0.5, 0.6) is 0 Å². The number of hydrogen-bond donors (Lipinski definition) is 3. The third-order valence-corrected chi connectivity index (χ3v) is 5.88. The first kappa shape index (κ1) is 21.9. The predicted octanol–water partition coefficient (Wildman–Crippen LogP) is 6.02. The van der Waals surface area contributed by atoms with Gasteiger partial charge < -0.3 is 16.5 Å². The minimum Gasteiger partial charge on any atom is -0.398 e. The molecule has 3 rings (SSSR count). The van der Waals surface area contributed by atoms with Gasteiger partial charge in [0, 0.05) is 27.0 Å². The van der Waals surface area contributed by atoms with E-state index in [1.165, 1.54) is 17.7 Å². The lowest BCUT2D eigenvalue weighted by Gasteiger charge is -2.13. The normalized spacial score (nSPS) is 13.1. The molecule has 4 heteroatoms. The molecule has 28 heavy (non-hydrogen) atoms. The molecule has 1 aromatic carbocycles. The highest BCUT2D eigenvalue weighted by atomic mass is 32.1. The fraction of sp³-hybridized carbons (Fsp3) is 0.292. The fourth-order valence-corrected chi connectivity index (χ4v) is 3.70. The number of anilines is 1. The van der Waals surface area contributed by atoms with Crippen molar-refractivity contribution >= 4 is 40.5 Å². The van der Waals surface area contributed by atoms with Crippen LogP contribution in [0.25, 0.3) is 17.7 Å². The van der Waals surface area contributed by atoms with Gasteiger partial charge in [-0.3, -0.25) is 0 Å². The van der Waals surface area contributed by atoms with Gasteiger partial charge in [0.1, 0.15) is 0 Å². The minimum atomic E-state index is 0.424. The standard InChI is InChI=1S/C20H22N2S.C4H9N/c1-5-14-7-10-17(21)20(16(14)6-2)18(22)11-8-15-9-12-19(23-15)13(3)4;1-5-4-2-3-4/h5,7-12,22H,1,3,6,21H2,2,4H3;4-5H,2-3H2,1H3/b11-8+,22-18?;. The average molecular weight is 394 g/mol. The Kier molecular flexibility index (Phi) is 7.97. The highest BCUT2D eigenvalue weighted by Crippen LogP contribution is 2.26. The van der Waals surface area contributed by atoms with Gasteiger partial charge in [0.2, 0.25) is 0 Å². The smallest absolute Gasteiger partial charge is 0.0636 e. The van der Waals surface area contributed by atoms with Crippen LogP contribution in [0.4, 0.5) is 5.69 Å². The van der Waals surface area contributed by atoms with Crippen LogP contribution in [-0.2, 0) is 6.42 Å². The van der Waals surface area contributed by atoms with Crippen LogP contribution >= 0.6 is 11.3 Å². The molecule has 3 nitrogen and oxygen atoms in total. The van der Waals surface area contributed by atoms with Crippen molar-refractivity contribution in [2.24, 2.45) is 0 Å². The SMILES string of the molecule is C=Cc1ccc(N)c(C(=N)/C=C/c2ccc(C(=C)C)s2)c1CC.CNC1CC1. The van der Waals surface area contributed by atoms with Gasteiger partial charge in [-0.05, 0) is 80.3 Å². The predicted molar refractivity (Wildman–Crippen MR) is 127 cm³/mol. The molecule has 1 aromatic heterocycles. The van der Waals surface area contributed by atoms with E-state index in [9.17, 15) is 0 Å². The summed E-state index contributed by atoms with van der Waals surface area (Å²) in [6.45, 7) is 11.9. The van der Waals surface area contributed by atoms with E-state index >= 15 is 0 Å². The Morgan fingerprint density at radius 3 is 2.50 bits per heavy atom. The molecule has 1 saturated carbocycles. The fourth-order valence-electron chi connectivity index (χ4n) is 2.86. The van der Waals surface area contributed by atoms with Gasteiger partial charge in [-0.25, -0.2) is 0 Å². The monoisotopic (exact) mass is 393 g/mol. The van der Waals surface area contributed by atoms with Crippen molar-refractivity contribution in [1.82, 2.24) is 5.32 Å². The maximum absolute atomic E-state index is 8.41. The number of nitrogens with two attached hydrogens (primary N) is 1. The molecule has 4 N–H and O–H groups in total.